The molecule has 1 saturated heterocycles. The Morgan fingerprint density at radius 1 is 0.896 bits per heavy atom. The molecular formula is C29H23F6N5O7S. The Labute approximate surface area is 267 Å². The molecule has 2 N–H and O–H groups in total. The Kier molecular flexibility index (Phi) is 9.36. The number of rotatable bonds is 9. The first-order valence-corrected chi connectivity index (χ1v) is 15.2. The molecule has 1 aromatic heterocycles. The first-order valence-electron chi connectivity index (χ1n) is 13.7. The Balaban J connectivity index is 1.41. The standard InChI is InChI=1S/C29H23F6N5O7S/c30-28(31,32)46-18-6-4-17(5-7-18)14-37-26(41)23-16-39(24-15-36-25-21(27(42)43)2-1-3-22(25)38-24)12-13-40(23)48(44,45)20-10-8-19(9-11-20)47-29(33,34)35/h1-11,15,23H,12-14,16H2,(H,37,41)(H,42,43). The molecular weight excluding hydrogens is 676 g/mol. The zero-order chi connectivity index (χ0) is 34.9. The van der Waals surface area contributed by atoms with Gasteiger partial charge in [0.05, 0.1) is 22.2 Å². The van der Waals surface area contributed by atoms with Crippen LogP contribution in [0.5, 0.6) is 11.5 Å². The van der Waals surface area contributed by atoms with Gasteiger partial charge in [0.1, 0.15) is 28.9 Å². The lowest BCUT2D eigenvalue weighted by molar-refractivity contribution is -0.275. The summed E-state index contributed by atoms with van der Waals surface area (Å²) in [6, 6.07) is 10.9. The zero-order valence-electron chi connectivity index (χ0n) is 24.2. The highest BCUT2D eigenvalue weighted by Gasteiger charge is 2.41. The lowest BCUT2D eigenvalue weighted by Crippen LogP contribution is -2.60. The number of fused-ring (bicyclic) bond motifs is 1. The van der Waals surface area contributed by atoms with Gasteiger partial charge < -0.3 is 24.8 Å². The molecule has 1 aliphatic heterocycles. The second-order valence-electron chi connectivity index (χ2n) is 10.2. The third kappa shape index (κ3) is 8.03. The fourth-order valence-corrected chi connectivity index (χ4v) is 6.47. The van der Waals surface area contributed by atoms with Gasteiger partial charge in [0, 0.05) is 26.2 Å². The Bertz CT molecular complexity index is 1920. The first kappa shape index (κ1) is 34.2. The van der Waals surface area contributed by atoms with Crippen molar-refractivity contribution in [2.75, 3.05) is 24.5 Å². The van der Waals surface area contributed by atoms with E-state index in [1.165, 1.54) is 36.5 Å². The minimum atomic E-state index is -5.01. The van der Waals surface area contributed by atoms with Crippen LogP contribution in [0.3, 0.4) is 0 Å². The van der Waals surface area contributed by atoms with Crippen LogP contribution in [0.4, 0.5) is 32.2 Å². The molecule has 3 aromatic carbocycles. The number of nitrogens with zero attached hydrogens (tertiary/aromatic N) is 4. The average Bonchev–Trinajstić information content (AvgIpc) is 3.02. The van der Waals surface area contributed by atoms with E-state index in [1.54, 1.807) is 4.90 Å². The van der Waals surface area contributed by atoms with Crippen molar-refractivity contribution in [3.63, 3.8) is 0 Å². The van der Waals surface area contributed by atoms with E-state index in [0.29, 0.717) is 5.56 Å². The van der Waals surface area contributed by atoms with Crippen molar-refractivity contribution in [1.82, 2.24) is 19.6 Å². The van der Waals surface area contributed by atoms with E-state index in [1.807, 2.05) is 0 Å². The van der Waals surface area contributed by atoms with Gasteiger partial charge in [-0.2, -0.15) is 4.31 Å². The van der Waals surface area contributed by atoms with Crippen LogP contribution in [0, 0.1) is 0 Å². The molecule has 0 spiro atoms. The largest absolute Gasteiger partial charge is 0.573 e. The van der Waals surface area contributed by atoms with Crippen molar-refractivity contribution in [1.29, 1.82) is 0 Å². The summed E-state index contributed by atoms with van der Waals surface area (Å²) in [5, 5.41) is 12.0. The molecule has 254 valence electrons. The number of carbonyl (C=O) groups excluding carboxylic acids is 1. The summed E-state index contributed by atoms with van der Waals surface area (Å²) >= 11 is 0. The van der Waals surface area contributed by atoms with Crippen molar-refractivity contribution in [3.8, 4) is 11.5 Å². The van der Waals surface area contributed by atoms with Crippen molar-refractivity contribution in [2.24, 2.45) is 0 Å². The molecule has 4 aromatic rings. The Morgan fingerprint density at radius 3 is 2.08 bits per heavy atom. The van der Waals surface area contributed by atoms with Gasteiger partial charge in [-0.25, -0.2) is 23.2 Å². The number of ether oxygens (including phenoxy) is 2. The predicted molar refractivity (Wildman–Crippen MR) is 154 cm³/mol. The fraction of sp³-hybridized carbons (Fsp3) is 0.241. The quantitative estimate of drug-likeness (QED) is 0.242. The number of piperazine rings is 1. The molecule has 19 heteroatoms. The van der Waals surface area contributed by atoms with Crippen LogP contribution < -0.4 is 19.7 Å². The Hall–Kier alpha value is -5.17. The maximum Gasteiger partial charge on any atom is 0.573 e. The SMILES string of the molecule is O=C(O)c1cccc2nc(N3CCN(S(=O)(=O)c4ccc(OC(F)(F)F)cc4)C(C(=O)NCc4ccc(OC(F)(F)F)cc4)C3)cnc12. The number of carboxylic acids is 1. The maximum absolute atomic E-state index is 13.7. The molecule has 48 heavy (non-hydrogen) atoms. The minimum absolute atomic E-state index is 0.0161. The van der Waals surface area contributed by atoms with E-state index in [9.17, 15) is 49.5 Å². The summed E-state index contributed by atoms with van der Waals surface area (Å²) in [7, 11) is -4.49. The number of para-hydroxylation sites is 1. The van der Waals surface area contributed by atoms with Crippen LogP contribution in [0.15, 0.2) is 77.8 Å². The van der Waals surface area contributed by atoms with Crippen LogP contribution in [-0.4, -0.2) is 78.1 Å². The third-order valence-corrected chi connectivity index (χ3v) is 8.96. The van der Waals surface area contributed by atoms with Crippen LogP contribution in [0.25, 0.3) is 11.0 Å². The molecule has 0 bridgehead atoms. The summed E-state index contributed by atoms with van der Waals surface area (Å²) in [6.07, 6.45) is -8.64. The molecule has 2 heterocycles. The Morgan fingerprint density at radius 2 is 1.50 bits per heavy atom. The van der Waals surface area contributed by atoms with Crippen LogP contribution in [-0.2, 0) is 21.4 Å². The number of hydrogen-bond acceptors (Lipinski definition) is 9. The molecule has 5 rings (SSSR count). The lowest BCUT2D eigenvalue weighted by Gasteiger charge is -2.40. The summed E-state index contributed by atoms with van der Waals surface area (Å²) in [6.45, 7) is -0.804. The normalized spacial score (nSPS) is 16.0. The van der Waals surface area contributed by atoms with E-state index < -0.39 is 57.1 Å². The predicted octanol–water partition coefficient (Wildman–Crippen LogP) is 4.32. The third-order valence-electron chi connectivity index (χ3n) is 7.03. The number of sulfonamides is 1. The molecule has 1 atom stereocenters. The van der Waals surface area contributed by atoms with Gasteiger partial charge in [-0.1, -0.05) is 18.2 Å². The van der Waals surface area contributed by atoms with Gasteiger partial charge in [0.25, 0.3) is 0 Å². The van der Waals surface area contributed by atoms with E-state index in [0.717, 1.165) is 40.7 Å². The van der Waals surface area contributed by atoms with E-state index >= 15 is 0 Å². The fourth-order valence-electron chi connectivity index (χ4n) is 4.90. The van der Waals surface area contributed by atoms with Crippen molar-refractivity contribution >= 4 is 38.8 Å². The number of hydrogen-bond donors (Lipinski definition) is 2. The summed E-state index contributed by atoms with van der Waals surface area (Å²) < 4.78 is 111. The first-order chi connectivity index (χ1) is 22.5. The number of anilines is 1. The number of halogens is 6. The lowest BCUT2D eigenvalue weighted by atomic mass is 10.1. The number of alkyl halides is 6. The molecule has 1 amide bonds. The van der Waals surface area contributed by atoms with Gasteiger partial charge in [-0.3, -0.25) is 4.79 Å². The zero-order valence-corrected chi connectivity index (χ0v) is 25.0. The van der Waals surface area contributed by atoms with E-state index in [-0.39, 0.29) is 48.6 Å². The summed E-state index contributed by atoms with van der Waals surface area (Å²) in [5.74, 6) is -2.98. The second-order valence-corrected chi connectivity index (χ2v) is 12.1. The average molecular weight is 700 g/mol. The van der Waals surface area contributed by atoms with E-state index in [4.69, 9.17) is 0 Å². The molecule has 12 nitrogen and oxygen atoms in total. The van der Waals surface area contributed by atoms with Crippen LogP contribution >= 0.6 is 0 Å². The van der Waals surface area contributed by atoms with Crippen molar-refractivity contribution < 1.29 is 58.9 Å². The highest BCUT2D eigenvalue weighted by atomic mass is 32.2. The van der Waals surface area contributed by atoms with Crippen LogP contribution in [0.1, 0.15) is 15.9 Å². The smallest absolute Gasteiger partial charge is 0.478 e. The molecule has 0 radical (unpaired) electrons. The molecule has 0 aliphatic carbocycles. The number of nitrogens with one attached hydrogen (secondary N) is 1. The summed E-state index contributed by atoms with van der Waals surface area (Å²) in [5.41, 5.74) is 0.593. The van der Waals surface area contributed by atoms with Gasteiger partial charge in [0.15, 0.2) is 0 Å². The molecule has 1 aliphatic rings. The minimum Gasteiger partial charge on any atom is -0.478 e. The highest BCUT2D eigenvalue weighted by Crippen LogP contribution is 2.29. The highest BCUT2D eigenvalue weighted by molar-refractivity contribution is 7.89. The van der Waals surface area contributed by atoms with Gasteiger partial charge >= 0.3 is 18.7 Å². The van der Waals surface area contributed by atoms with Gasteiger partial charge in [-0.15, -0.1) is 26.3 Å². The molecule has 1 unspecified atom stereocenters. The van der Waals surface area contributed by atoms with E-state index in [2.05, 4.69) is 24.8 Å². The number of aromatic carboxylic acids is 1. The van der Waals surface area contributed by atoms with Crippen molar-refractivity contribution in [3.05, 3.63) is 84.1 Å². The number of carboxylic acid groups (broad SMARTS) is 1. The molecule has 0 saturated carbocycles. The monoisotopic (exact) mass is 699 g/mol. The number of amides is 1. The van der Waals surface area contributed by atoms with Gasteiger partial charge in [0.2, 0.25) is 15.9 Å². The van der Waals surface area contributed by atoms with Crippen molar-refractivity contribution in [2.45, 2.75) is 30.2 Å². The number of aromatic nitrogens is 2. The second kappa shape index (κ2) is 13.1. The maximum atomic E-state index is 13.7. The van der Waals surface area contributed by atoms with Crippen LogP contribution in [0.2, 0.25) is 0 Å². The van der Waals surface area contributed by atoms with Gasteiger partial charge in [-0.05, 0) is 54.1 Å². The summed E-state index contributed by atoms with van der Waals surface area (Å²) in [4.78, 5) is 35.0. The topological polar surface area (TPSA) is 151 Å². The number of benzene rings is 3. The molecule has 1 fully saturated rings. The number of carbonyl (C=O) groups is 2.